The molecule has 90 valence electrons. The Morgan fingerprint density at radius 1 is 1.11 bits per heavy atom. The van der Waals surface area contributed by atoms with Crippen LogP contribution in [-0.4, -0.2) is 10.1 Å². The zero-order valence-electron chi connectivity index (χ0n) is 9.58. The van der Waals surface area contributed by atoms with Crippen molar-refractivity contribution in [3.05, 3.63) is 59.1 Å². The van der Waals surface area contributed by atoms with E-state index in [9.17, 15) is 5.11 Å². The van der Waals surface area contributed by atoms with Crippen molar-refractivity contribution in [3.8, 4) is 0 Å². The van der Waals surface area contributed by atoms with Gasteiger partial charge in [0.1, 0.15) is 6.10 Å². The lowest BCUT2D eigenvalue weighted by Gasteiger charge is -2.11. The zero-order chi connectivity index (χ0) is 12.5. The minimum absolute atomic E-state index is 0.476. The first-order valence-electron chi connectivity index (χ1n) is 5.62. The molecule has 4 heteroatoms. The summed E-state index contributed by atoms with van der Waals surface area (Å²) in [6.07, 6.45) is 0.956. The molecule has 0 saturated carbocycles. The quantitative estimate of drug-likeness (QED) is 0.741. The Kier molecular flexibility index (Phi) is 2.74. The monoisotopic (exact) mass is 256 g/mol. The molecule has 18 heavy (non-hydrogen) atoms. The first-order valence-corrected chi connectivity index (χ1v) is 6.44. The summed E-state index contributed by atoms with van der Waals surface area (Å²) in [5, 5.41) is 13.1. The zero-order valence-corrected chi connectivity index (χ0v) is 10.4. The van der Waals surface area contributed by atoms with E-state index in [2.05, 4.69) is 4.98 Å². The van der Waals surface area contributed by atoms with Gasteiger partial charge in [0.05, 0.1) is 4.88 Å². The third kappa shape index (κ3) is 1.85. The SMILES string of the molecule is Nc1ncc(C(O)c2cccc3ccccc23)s1. The van der Waals surface area contributed by atoms with Crippen molar-refractivity contribution in [1.82, 2.24) is 4.98 Å². The molecule has 1 heterocycles. The van der Waals surface area contributed by atoms with Crippen LogP contribution in [0.25, 0.3) is 10.8 Å². The second kappa shape index (κ2) is 4.40. The highest BCUT2D eigenvalue weighted by atomic mass is 32.1. The van der Waals surface area contributed by atoms with Crippen LogP contribution >= 0.6 is 11.3 Å². The van der Waals surface area contributed by atoms with Crippen LogP contribution in [0.4, 0.5) is 5.13 Å². The molecule has 3 N–H and O–H groups in total. The number of aliphatic hydroxyl groups excluding tert-OH is 1. The van der Waals surface area contributed by atoms with Crippen molar-refractivity contribution in [1.29, 1.82) is 0 Å². The number of nitrogen functional groups attached to an aromatic ring is 1. The topological polar surface area (TPSA) is 59.1 Å². The molecule has 0 aliphatic rings. The fraction of sp³-hybridized carbons (Fsp3) is 0.0714. The molecule has 0 bridgehead atoms. The maximum Gasteiger partial charge on any atom is 0.180 e. The predicted molar refractivity (Wildman–Crippen MR) is 74.5 cm³/mol. The van der Waals surface area contributed by atoms with Gasteiger partial charge in [0.25, 0.3) is 0 Å². The van der Waals surface area contributed by atoms with Crippen LogP contribution in [0.2, 0.25) is 0 Å². The maximum atomic E-state index is 10.4. The summed E-state index contributed by atoms with van der Waals surface area (Å²) in [6, 6.07) is 13.9. The standard InChI is InChI=1S/C14H12N2OS/c15-14-16-8-12(18-14)13(17)11-7-3-5-9-4-1-2-6-10(9)11/h1-8,13,17H,(H2,15,16). The number of aromatic nitrogens is 1. The molecule has 2 aromatic carbocycles. The molecule has 0 aliphatic heterocycles. The van der Waals surface area contributed by atoms with Crippen molar-refractivity contribution in [2.24, 2.45) is 0 Å². The lowest BCUT2D eigenvalue weighted by atomic mass is 10.00. The summed E-state index contributed by atoms with van der Waals surface area (Å²) in [5.41, 5.74) is 6.49. The van der Waals surface area contributed by atoms with E-state index >= 15 is 0 Å². The van der Waals surface area contributed by atoms with E-state index in [1.54, 1.807) is 6.20 Å². The highest BCUT2D eigenvalue weighted by Crippen LogP contribution is 2.32. The Labute approximate surface area is 109 Å². The summed E-state index contributed by atoms with van der Waals surface area (Å²) < 4.78 is 0. The molecule has 3 nitrogen and oxygen atoms in total. The summed E-state index contributed by atoms with van der Waals surface area (Å²) in [4.78, 5) is 4.75. The second-order valence-electron chi connectivity index (χ2n) is 4.07. The molecule has 0 spiro atoms. The van der Waals surface area contributed by atoms with Gasteiger partial charge < -0.3 is 10.8 Å². The highest BCUT2D eigenvalue weighted by Gasteiger charge is 2.15. The molecule has 3 rings (SSSR count). The van der Waals surface area contributed by atoms with E-state index in [4.69, 9.17) is 5.73 Å². The van der Waals surface area contributed by atoms with Gasteiger partial charge in [-0.1, -0.05) is 53.8 Å². The first-order chi connectivity index (χ1) is 8.75. The fourth-order valence-electron chi connectivity index (χ4n) is 2.07. The molecular weight excluding hydrogens is 244 g/mol. The number of thiazole rings is 1. The largest absolute Gasteiger partial charge is 0.383 e. The number of aliphatic hydroxyl groups is 1. The van der Waals surface area contributed by atoms with Crippen LogP contribution in [0, 0.1) is 0 Å². The Morgan fingerprint density at radius 3 is 2.67 bits per heavy atom. The second-order valence-corrected chi connectivity index (χ2v) is 5.17. The van der Waals surface area contributed by atoms with Crippen molar-refractivity contribution in [2.75, 3.05) is 5.73 Å². The van der Waals surface area contributed by atoms with Gasteiger partial charge in [-0.05, 0) is 16.3 Å². The Morgan fingerprint density at radius 2 is 1.89 bits per heavy atom. The van der Waals surface area contributed by atoms with E-state index in [1.165, 1.54) is 11.3 Å². The predicted octanol–water partition coefficient (Wildman–Crippen LogP) is 2.96. The number of rotatable bonds is 2. The van der Waals surface area contributed by atoms with E-state index < -0.39 is 6.10 Å². The van der Waals surface area contributed by atoms with E-state index in [-0.39, 0.29) is 0 Å². The smallest absolute Gasteiger partial charge is 0.180 e. The van der Waals surface area contributed by atoms with E-state index in [0.717, 1.165) is 21.2 Å². The highest BCUT2D eigenvalue weighted by molar-refractivity contribution is 7.15. The fourth-order valence-corrected chi connectivity index (χ4v) is 2.76. The number of hydrogen-bond donors (Lipinski definition) is 2. The van der Waals surface area contributed by atoms with Gasteiger partial charge in [0.15, 0.2) is 5.13 Å². The van der Waals surface area contributed by atoms with Crippen LogP contribution in [0.15, 0.2) is 48.7 Å². The minimum Gasteiger partial charge on any atom is -0.383 e. The molecule has 1 unspecified atom stereocenters. The van der Waals surface area contributed by atoms with Crippen LogP contribution in [0.3, 0.4) is 0 Å². The van der Waals surface area contributed by atoms with Gasteiger partial charge in [-0.25, -0.2) is 4.98 Å². The van der Waals surface area contributed by atoms with Crippen molar-refractivity contribution in [3.63, 3.8) is 0 Å². The molecule has 3 aromatic rings. The molecule has 0 aliphatic carbocycles. The number of anilines is 1. The normalized spacial score (nSPS) is 12.7. The molecule has 1 atom stereocenters. The van der Waals surface area contributed by atoms with Crippen LogP contribution in [-0.2, 0) is 0 Å². The molecule has 0 fully saturated rings. The lowest BCUT2D eigenvalue weighted by molar-refractivity contribution is 0.225. The Hall–Kier alpha value is -1.91. The van der Waals surface area contributed by atoms with Crippen LogP contribution in [0.1, 0.15) is 16.5 Å². The molecule has 0 saturated heterocycles. The third-order valence-corrected chi connectivity index (χ3v) is 3.81. The van der Waals surface area contributed by atoms with E-state index in [0.29, 0.717) is 5.13 Å². The van der Waals surface area contributed by atoms with Crippen LogP contribution in [0.5, 0.6) is 0 Å². The van der Waals surface area contributed by atoms with Crippen molar-refractivity contribution in [2.45, 2.75) is 6.10 Å². The van der Waals surface area contributed by atoms with E-state index in [1.807, 2.05) is 42.5 Å². The average Bonchev–Trinajstić information content (AvgIpc) is 2.84. The van der Waals surface area contributed by atoms with Crippen molar-refractivity contribution < 1.29 is 5.11 Å². The average molecular weight is 256 g/mol. The number of nitrogens with two attached hydrogens (primary N) is 1. The summed E-state index contributed by atoms with van der Waals surface area (Å²) in [7, 11) is 0. The molecular formula is C14H12N2OS. The number of fused-ring (bicyclic) bond motifs is 1. The number of hydrogen-bond acceptors (Lipinski definition) is 4. The van der Waals surface area contributed by atoms with Gasteiger partial charge >= 0.3 is 0 Å². The molecule has 1 aromatic heterocycles. The van der Waals surface area contributed by atoms with Gasteiger partial charge in [0, 0.05) is 6.20 Å². The van der Waals surface area contributed by atoms with Crippen LogP contribution < -0.4 is 5.73 Å². The maximum absolute atomic E-state index is 10.4. The number of benzene rings is 2. The molecule has 0 radical (unpaired) electrons. The lowest BCUT2D eigenvalue weighted by Crippen LogP contribution is -1.97. The first kappa shape index (κ1) is 11.2. The Bertz CT molecular complexity index is 688. The van der Waals surface area contributed by atoms with Gasteiger partial charge in [-0.2, -0.15) is 0 Å². The summed E-state index contributed by atoms with van der Waals surface area (Å²) >= 11 is 1.32. The van der Waals surface area contributed by atoms with Gasteiger partial charge in [-0.3, -0.25) is 0 Å². The minimum atomic E-state index is -0.675. The van der Waals surface area contributed by atoms with Gasteiger partial charge in [-0.15, -0.1) is 0 Å². The number of nitrogens with zero attached hydrogens (tertiary/aromatic N) is 1. The third-order valence-electron chi connectivity index (χ3n) is 2.93. The summed E-state index contributed by atoms with van der Waals surface area (Å²) in [5.74, 6) is 0. The summed E-state index contributed by atoms with van der Waals surface area (Å²) in [6.45, 7) is 0. The van der Waals surface area contributed by atoms with Gasteiger partial charge in [0.2, 0.25) is 0 Å². The molecule has 0 amide bonds. The van der Waals surface area contributed by atoms with Crippen molar-refractivity contribution >= 4 is 27.2 Å². The Balaban J connectivity index is 2.14.